The standard InChI is InChI=1S/C15H24N2O2/c1-10-5-7-14(19-4)13(9-10)12(3)17-15(18)8-6-11(2)16/h5,7,9,11-12H,6,8,16H2,1-4H3,(H,17,18). The molecule has 0 aliphatic rings. The molecule has 0 spiro atoms. The van der Waals surface area contributed by atoms with Crippen LogP contribution in [0.5, 0.6) is 5.75 Å². The Balaban J connectivity index is 2.69. The van der Waals surface area contributed by atoms with Gasteiger partial charge in [-0.1, -0.05) is 17.7 Å². The minimum absolute atomic E-state index is 0.0216. The molecule has 4 nitrogen and oxygen atoms in total. The first kappa shape index (κ1) is 15.5. The monoisotopic (exact) mass is 264 g/mol. The molecule has 0 aliphatic carbocycles. The van der Waals surface area contributed by atoms with Gasteiger partial charge in [-0.2, -0.15) is 0 Å². The molecule has 0 heterocycles. The van der Waals surface area contributed by atoms with E-state index in [1.807, 2.05) is 39.0 Å². The predicted molar refractivity (Wildman–Crippen MR) is 77.2 cm³/mol. The van der Waals surface area contributed by atoms with E-state index in [0.717, 1.165) is 16.9 Å². The van der Waals surface area contributed by atoms with Crippen LogP contribution in [0.15, 0.2) is 18.2 Å². The largest absolute Gasteiger partial charge is 0.496 e. The number of carbonyl (C=O) groups is 1. The van der Waals surface area contributed by atoms with Crippen LogP contribution in [0.3, 0.4) is 0 Å². The zero-order valence-electron chi connectivity index (χ0n) is 12.2. The van der Waals surface area contributed by atoms with Crippen LogP contribution in [0.2, 0.25) is 0 Å². The van der Waals surface area contributed by atoms with Crippen molar-refractivity contribution in [2.75, 3.05) is 7.11 Å². The summed E-state index contributed by atoms with van der Waals surface area (Å²) in [6, 6.07) is 5.93. The molecule has 1 amide bonds. The quantitative estimate of drug-likeness (QED) is 0.828. The lowest BCUT2D eigenvalue weighted by atomic mass is 10.0. The Morgan fingerprint density at radius 1 is 1.42 bits per heavy atom. The number of aryl methyl sites for hydroxylation is 1. The number of methoxy groups -OCH3 is 1. The van der Waals surface area contributed by atoms with Gasteiger partial charge in [-0.15, -0.1) is 0 Å². The maximum Gasteiger partial charge on any atom is 0.220 e. The van der Waals surface area contributed by atoms with Gasteiger partial charge in [-0.3, -0.25) is 4.79 Å². The molecule has 106 valence electrons. The van der Waals surface area contributed by atoms with Gasteiger partial charge in [0.1, 0.15) is 5.75 Å². The number of amides is 1. The summed E-state index contributed by atoms with van der Waals surface area (Å²) in [7, 11) is 1.64. The molecule has 2 unspecified atom stereocenters. The molecule has 0 bridgehead atoms. The Morgan fingerprint density at radius 3 is 2.68 bits per heavy atom. The van der Waals surface area contributed by atoms with Crippen LogP contribution in [0.25, 0.3) is 0 Å². The van der Waals surface area contributed by atoms with E-state index in [-0.39, 0.29) is 18.0 Å². The molecule has 3 N–H and O–H groups in total. The van der Waals surface area contributed by atoms with Gasteiger partial charge >= 0.3 is 0 Å². The molecule has 0 fully saturated rings. The van der Waals surface area contributed by atoms with Crippen molar-refractivity contribution in [3.8, 4) is 5.75 Å². The molecule has 0 aromatic heterocycles. The zero-order chi connectivity index (χ0) is 14.4. The third kappa shape index (κ3) is 4.91. The van der Waals surface area contributed by atoms with Gasteiger partial charge < -0.3 is 15.8 Å². The molecule has 1 aromatic rings. The van der Waals surface area contributed by atoms with Crippen molar-refractivity contribution < 1.29 is 9.53 Å². The first-order chi connectivity index (χ1) is 8.93. The second-order valence-corrected chi connectivity index (χ2v) is 5.05. The molecule has 19 heavy (non-hydrogen) atoms. The first-order valence-electron chi connectivity index (χ1n) is 6.63. The second-order valence-electron chi connectivity index (χ2n) is 5.05. The smallest absolute Gasteiger partial charge is 0.220 e. The van der Waals surface area contributed by atoms with Gasteiger partial charge in [0, 0.05) is 18.0 Å². The highest BCUT2D eigenvalue weighted by Gasteiger charge is 2.14. The first-order valence-corrected chi connectivity index (χ1v) is 6.63. The lowest BCUT2D eigenvalue weighted by molar-refractivity contribution is -0.121. The molecule has 1 rings (SSSR count). The highest BCUT2D eigenvalue weighted by atomic mass is 16.5. The lowest BCUT2D eigenvalue weighted by Gasteiger charge is -2.18. The Hall–Kier alpha value is -1.55. The summed E-state index contributed by atoms with van der Waals surface area (Å²) in [4.78, 5) is 11.8. The highest BCUT2D eigenvalue weighted by molar-refractivity contribution is 5.76. The van der Waals surface area contributed by atoms with Crippen LogP contribution < -0.4 is 15.8 Å². The number of rotatable bonds is 6. The second kappa shape index (κ2) is 7.14. The van der Waals surface area contributed by atoms with Crippen molar-refractivity contribution in [2.24, 2.45) is 5.73 Å². The van der Waals surface area contributed by atoms with Crippen molar-refractivity contribution in [3.05, 3.63) is 29.3 Å². The Bertz CT molecular complexity index is 430. The van der Waals surface area contributed by atoms with E-state index in [2.05, 4.69) is 5.32 Å². The van der Waals surface area contributed by atoms with Crippen LogP contribution in [0.4, 0.5) is 0 Å². The van der Waals surface area contributed by atoms with Gasteiger partial charge in [-0.25, -0.2) is 0 Å². The van der Waals surface area contributed by atoms with E-state index < -0.39 is 0 Å². The number of nitrogens with two attached hydrogens (primary N) is 1. The van der Waals surface area contributed by atoms with E-state index in [9.17, 15) is 4.79 Å². The summed E-state index contributed by atoms with van der Waals surface area (Å²) >= 11 is 0. The SMILES string of the molecule is COc1ccc(C)cc1C(C)NC(=O)CCC(C)N. The average molecular weight is 264 g/mol. The number of nitrogens with one attached hydrogen (secondary N) is 1. The number of hydrogen-bond acceptors (Lipinski definition) is 3. The van der Waals surface area contributed by atoms with Gasteiger partial charge in [0.15, 0.2) is 0 Å². The van der Waals surface area contributed by atoms with E-state index in [1.54, 1.807) is 7.11 Å². The van der Waals surface area contributed by atoms with E-state index in [4.69, 9.17) is 10.5 Å². The molecule has 0 saturated heterocycles. The van der Waals surface area contributed by atoms with Crippen molar-refractivity contribution in [1.29, 1.82) is 0 Å². The summed E-state index contributed by atoms with van der Waals surface area (Å²) in [5, 5.41) is 2.98. The molecular weight excluding hydrogens is 240 g/mol. The fraction of sp³-hybridized carbons (Fsp3) is 0.533. The van der Waals surface area contributed by atoms with Gasteiger partial charge in [0.25, 0.3) is 0 Å². The number of ether oxygens (including phenoxy) is 1. The molecule has 0 radical (unpaired) electrons. The van der Waals surface area contributed by atoms with E-state index in [0.29, 0.717) is 12.8 Å². The minimum Gasteiger partial charge on any atom is -0.496 e. The summed E-state index contributed by atoms with van der Waals surface area (Å²) < 4.78 is 5.33. The summed E-state index contributed by atoms with van der Waals surface area (Å²) in [6.07, 6.45) is 1.15. The van der Waals surface area contributed by atoms with E-state index >= 15 is 0 Å². The van der Waals surface area contributed by atoms with E-state index in [1.165, 1.54) is 0 Å². The zero-order valence-corrected chi connectivity index (χ0v) is 12.2. The fourth-order valence-electron chi connectivity index (χ4n) is 1.94. The third-order valence-corrected chi connectivity index (χ3v) is 3.06. The maximum absolute atomic E-state index is 11.8. The molecule has 2 atom stereocenters. The molecule has 0 saturated carbocycles. The summed E-state index contributed by atoms with van der Waals surface area (Å²) in [6.45, 7) is 5.88. The van der Waals surface area contributed by atoms with Gasteiger partial charge in [0.05, 0.1) is 13.2 Å². The average Bonchev–Trinajstić information content (AvgIpc) is 2.36. The summed E-state index contributed by atoms with van der Waals surface area (Å²) in [5.41, 5.74) is 7.79. The Morgan fingerprint density at radius 2 is 2.11 bits per heavy atom. The van der Waals surface area contributed by atoms with Crippen LogP contribution in [0.1, 0.15) is 43.9 Å². The molecular formula is C15H24N2O2. The van der Waals surface area contributed by atoms with Crippen LogP contribution in [0, 0.1) is 6.92 Å². The van der Waals surface area contributed by atoms with Crippen molar-refractivity contribution in [3.63, 3.8) is 0 Å². The van der Waals surface area contributed by atoms with Crippen molar-refractivity contribution in [2.45, 2.75) is 45.7 Å². The Kier molecular flexibility index (Phi) is 5.83. The van der Waals surface area contributed by atoms with Crippen LogP contribution >= 0.6 is 0 Å². The molecule has 4 heteroatoms. The van der Waals surface area contributed by atoms with Crippen molar-refractivity contribution in [1.82, 2.24) is 5.32 Å². The lowest BCUT2D eigenvalue weighted by Crippen LogP contribution is -2.28. The number of benzene rings is 1. The predicted octanol–water partition coefficient (Wildman–Crippen LogP) is 2.31. The van der Waals surface area contributed by atoms with Crippen molar-refractivity contribution >= 4 is 5.91 Å². The fourth-order valence-corrected chi connectivity index (χ4v) is 1.94. The molecule has 1 aromatic carbocycles. The normalized spacial score (nSPS) is 13.7. The van der Waals surface area contributed by atoms with Crippen LogP contribution in [-0.2, 0) is 4.79 Å². The number of carbonyl (C=O) groups excluding carboxylic acids is 1. The minimum atomic E-state index is -0.0737. The third-order valence-electron chi connectivity index (χ3n) is 3.06. The van der Waals surface area contributed by atoms with Crippen LogP contribution in [-0.4, -0.2) is 19.1 Å². The molecule has 0 aliphatic heterocycles. The Labute approximate surface area is 115 Å². The maximum atomic E-state index is 11.8. The topological polar surface area (TPSA) is 64.3 Å². The highest BCUT2D eigenvalue weighted by Crippen LogP contribution is 2.26. The van der Waals surface area contributed by atoms with Gasteiger partial charge in [0.2, 0.25) is 5.91 Å². The number of hydrogen-bond donors (Lipinski definition) is 2. The summed E-state index contributed by atoms with van der Waals surface area (Å²) in [5.74, 6) is 0.818. The van der Waals surface area contributed by atoms with Gasteiger partial charge in [-0.05, 0) is 33.3 Å².